The molecule has 0 saturated heterocycles. The first kappa shape index (κ1) is 16.7. The molecule has 0 aliphatic heterocycles. The smallest absolute Gasteiger partial charge is 0.227 e. The van der Waals surface area contributed by atoms with Crippen molar-refractivity contribution in [2.45, 2.75) is 4.90 Å². The third-order valence-corrected chi connectivity index (χ3v) is 4.25. The number of aromatic hydroxyl groups is 1. The summed E-state index contributed by atoms with van der Waals surface area (Å²) in [5.74, 6) is 6.59. The molecule has 0 bridgehead atoms. The molecule has 1 aromatic heterocycles. The van der Waals surface area contributed by atoms with E-state index in [4.69, 9.17) is 4.78 Å². The van der Waals surface area contributed by atoms with Crippen LogP contribution in [-0.4, -0.2) is 21.3 Å². The number of phenols is 1. The van der Waals surface area contributed by atoms with E-state index >= 15 is 0 Å². The summed E-state index contributed by atoms with van der Waals surface area (Å²) in [6, 6.07) is 14.5. The molecule has 0 amide bonds. The molecule has 0 saturated carbocycles. The Labute approximate surface area is 148 Å². The van der Waals surface area contributed by atoms with Crippen molar-refractivity contribution in [3.05, 3.63) is 72.1 Å². The van der Waals surface area contributed by atoms with E-state index in [9.17, 15) is 5.11 Å². The lowest BCUT2D eigenvalue weighted by Gasteiger charge is -2.06. The van der Waals surface area contributed by atoms with Crippen LogP contribution in [0.15, 0.2) is 65.8 Å². The lowest BCUT2D eigenvalue weighted by molar-refractivity contribution is 0.475. The third kappa shape index (κ3) is 4.66. The van der Waals surface area contributed by atoms with Crippen molar-refractivity contribution in [2.24, 2.45) is 0 Å². The fraction of sp³-hybridized carbons (Fsp3) is 0.0526. The molecule has 3 N–H and O–H groups in total. The fourth-order valence-corrected chi connectivity index (χ4v) is 2.66. The van der Waals surface area contributed by atoms with Gasteiger partial charge in [0.05, 0.1) is 5.56 Å². The van der Waals surface area contributed by atoms with Crippen LogP contribution in [-0.2, 0) is 10.7 Å². The Morgan fingerprint density at radius 2 is 1.72 bits per heavy atom. The maximum Gasteiger partial charge on any atom is 0.227 e. The molecule has 1 atom stereocenters. The summed E-state index contributed by atoms with van der Waals surface area (Å²) in [6.45, 7) is 0. The summed E-state index contributed by atoms with van der Waals surface area (Å²) in [4.78, 5) is 9.48. The Hall–Kier alpha value is -3.17. The highest BCUT2D eigenvalue weighted by molar-refractivity contribution is 7.85. The van der Waals surface area contributed by atoms with Gasteiger partial charge in [0.2, 0.25) is 5.95 Å². The second-order valence-corrected chi connectivity index (χ2v) is 6.75. The van der Waals surface area contributed by atoms with Crippen LogP contribution < -0.4 is 5.32 Å². The Balaban J connectivity index is 1.73. The van der Waals surface area contributed by atoms with Gasteiger partial charge in [0.15, 0.2) is 0 Å². The first-order chi connectivity index (χ1) is 12.1. The van der Waals surface area contributed by atoms with Crippen molar-refractivity contribution in [3.63, 3.8) is 0 Å². The summed E-state index contributed by atoms with van der Waals surface area (Å²) in [5.41, 5.74) is 2.26. The molecule has 25 heavy (non-hydrogen) atoms. The molecule has 124 valence electrons. The highest BCUT2D eigenvalue weighted by Gasteiger charge is 2.00. The van der Waals surface area contributed by atoms with Crippen LogP contribution in [0.25, 0.3) is 0 Å². The predicted octanol–water partition coefficient (Wildman–Crippen LogP) is 3.69. The molecule has 5 nitrogen and oxygen atoms in total. The minimum Gasteiger partial charge on any atom is -0.508 e. The van der Waals surface area contributed by atoms with E-state index in [1.165, 1.54) is 0 Å². The zero-order valence-electron chi connectivity index (χ0n) is 13.5. The normalized spacial score (nSPS) is 11.2. The second kappa shape index (κ2) is 7.60. The molecule has 3 aromatic rings. The molecule has 0 radical (unpaired) electrons. The lowest BCUT2D eigenvalue weighted by atomic mass is 10.2. The monoisotopic (exact) mass is 348 g/mol. The molecular weight excluding hydrogens is 332 g/mol. The molecule has 0 spiro atoms. The van der Waals surface area contributed by atoms with Crippen LogP contribution in [0, 0.1) is 16.6 Å². The van der Waals surface area contributed by atoms with Crippen LogP contribution in [0.3, 0.4) is 0 Å². The average molecular weight is 348 g/mol. The molecule has 2 aromatic carbocycles. The zero-order valence-corrected chi connectivity index (χ0v) is 14.3. The van der Waals surface area contributed by atoms with Gasteiger partial charge in [0.25, 0.3) is 0 Å². The first-order valence-electron chi connectivity index (χ1n) is 7.47. The molecular formula is C19H16N4OS. The van der Waals surface area contributed by atoms with Gasteiger partial charge in [0, 0.05) is 28.5 Å². The highest BCUT2D eigenvalue weighted by Crippen LogP contribution is 2.16. The Bertz CT molecular complexity index is 974. The summed E-state index contributed by atoms with van der Waals surface area (Å²) >= 11 is 0. The van der Waals surface area contributed by atoms with Gasteiger partial charge in [-0.3, -0.25) is 4.78 Å². The van der Waals surface area contributed by atoms with Gasteiger partial charge in [-0.2, -0.15) is 0 Å². The van der Waals surface area contributed by atoms with Crippen molar-refractivity contribution in [1.82, 2.24) is 9.97 Å². The van der Waals surface area contributed by atoms with E-state index < -0.39 is 10.7 Å². The first-order valence-corrected chi connectivity index (χ1v) is 9.11. The van der Waals surface area contributed by atoms with Crippen molar-refractivity contribution >= 4 is 22.3 Å². The van der Waals surface area contributed by atoms with Crippen molar-refractivity contribution in [3.8, 4) is 17.6 Å². The average Bonchev–Trinajstić information content (AvgIpc) is 2.61. The van der Waals surface area contributed by atoms with Crippen LogP contribution in [0.5, 0.6) is 5.75 Å². The van der Waals surface area contributed by atoms with Crippen LogP contribution in [0.4, 0.5) is 11.6 Å². The standard InChI is InChI=1S/C19H16N4OS/c1-25(20)18-7-3-5-16(11-18)23-19-21-12-15(13-22-19)9-8-14-4-2-6-17(24)10-14/h2-7,10-13,20,24H,1H3,(H,21,22,23). The molecule has 1 heterocycles. The van der Waals surface area contributed by atoms with E-state index in [-0.39, 0.29) is 5.75 Å². The maximum absolute atomic E-state index is 9.43. The molecule has 1 unspecified atom stereocenters. The van der Waals surface area contributed by atoms with E-state index in [1.54, 1.807) is 30.6 Å². The minimum absolute atomic E-state index is 0.187. The topological polar surface area (TPSA) is 81.9 Å². The van der Waals surface area contributed by atoms with Gasteiger partial charge >= 0.3 is 0 Å². The van der Waals surface area contributed by atoms with Crippen molar-refractivity contribution < 1.29 is 5.11 Å². The van der Waals surface area contributed by atoms with E-state index in [1.807, 2.05) is 36.6 Å². The van der Waals surface area contributed by atoms with Crippen LogP contribution in [0.1, 0.15) is 11.1 Å². The van der Waals surface area contributed by atoms with E-state index in [0.29, 0.717) is 11.5 Å². The number of benzene rings is 2. The number of hydrogen-bond donors (Lipinski definition) is 3. The Morgan fingerprint density at radius 3 is 2.44 bits per heavy atom. The fourth-order valence-electron chi connectivity index (χ4n) is 2.08. The van der Waals surface area contributed by atoms with Gasteiger partial charge in [0.1, 0.15) is 5.75 Å². The summed E-state index contributed by atoms with van der Waals surface area (Å²) < 4.78 is 7.79. The molecule has 0 fully saturated rings. The third-order valence-electron chi connectivity index (χ3n) is 3.29. The van der Waals surface area contributed by atoms with E-state index in [0.717, 1.165) is 16.1 Å². The maximum atomic E-state index is 9.43. The number of phenolic OH excluding ortho intramolecular Hbond substituents is 1. The van der Waals surface area contributed by atoms with Gasteiger partial charge in [-0.25, -0.2) is 9.97 Å². The minimum atomic E-state index is -0.540. The summed E-state index contributed by atoms with van der Waals surface area (Å²) in [5, 5.41) is 12.6. The van der Waals surface area contributed by atoms with Gasteiger partial charge < -0.3 is 10.4 Å². The number of anilines is 2. The SMILES string of the molecule is CS(=N)c1cccc(Nc2ncc(C#Cc3cccc(O)c3)cn2)c1. The number of nitrogens with one attached hydrogen (secondary N) is 2. The Morgan fingerprint density at radius 1 is 1.00 bits per heavy atom. The van der Waals surface area contributed by atoms with Crippen molar-refractivity contribution in [1.29, 1.82) is 4.78 Å². The van der Waals surface area contributed by atoms with Crippen LogP contribution in [0.2, 0.25) is 0 Å². The number of rotatable bonds is 3. The van der Waals surface area contributed by atoms with Gasteiger partial charge in [-0.15, -0.1) is 0 Å². The van der Waals surface area contributed by atoms with Crippen molar-refractivity contribution in [2.75, 3.05) is 11.6 Å². The second-order valence-electron chi connectivity index (χ2n) is 5.26. The molecule has 0 aliphatic carbocycles. The summed E-state index contributed by atoms with van der Waals surface area (Å²) in [7, 11) is -0.540. The van der Waals surface area contributed by atoms with E-state index in [2.05, 4.69) is 27.1 Å². The largest absolute Gasteiger partial charge is 0.508 e. The summed E-state index contributed by atoms with van der Waals surface area (Å²) in [6.07, 6.45) is 5.14. The number of nitrogens with zero attached hydrogens (tertiary/aromatic N) is 2. The molecule has 3 rings (SSSR count). The zero-order chi connectivity index (χ0) is 17.6. The predicted molar refractivity (Wildman–Crippen MR) is 100 cm³/mol. The Kier molecular flexibility index (Phi) is 5.07. The molecule has 0 aliphatic rings. The quantitative estimate of drug-likeness (QED) is 0.631. The molecule has 6 heteroatoms. The highest BCUT2D eigenvalue weighted by atomic mass is 32.2. The van der Waals surface area contributed by atoms with Gasteiger partial charge in [-0.1, -0.05) is 34.7 Å². The van der Waals surface area contributed by atoms with Gasteiger partial charge in [-0.05, 0) is 42.7 Å². The number of hydrogen-bond acceptors (Lipinski definition) is 5. The number of aromatic nitrogens is 2. The van der Waals surface area contributed by atoms with Crippen LogP contribution >= 0.6 is 0 Å². The lowest BCUT2D eigenvalue weighted by Crippen LogP contribution is -1.97.